The van der Waals surface area contributed by atoms with E-state index in [4.69, 9.17) is 7.85 Å². The average Bonchev–Trinajstić information content (AvgIpc) is 2.52. The van der Waals surface area contributed by atoms with E-state index in [0.717, 1.165) is 0 Å². The highest BCUT2D eigenvalue weighted by Gasteiger charge is 2.24. The molecule has 2 aromatic rings. The topological polar surface area (TPSA) is 0 Å². The van der Waals surface area contributed by atoms with Crippen molar-refractivity contribution < 1.29 is 0 Å². The van der Waals surface area contributed by atoms with Crippen molar-refractivity contribution in [3.8, 4) is 11.1 Å². The molecule has 0 N–H and O–H groups in total. The van der Waals surface area contributed by atoms with E-state index in [1.165, 1.54) is 33.4 Å². The molecule has 0 aromatic heterocycles. The van der Waals surface area contributed by atoms with E-state index in [2.05, 4.69) is 50.2 Å². The van der Waals surface area contributed by atoms with Crippen LogP contribution in [-0.4, -0.2) is 7.85 Å². The van der Waals surface area contributed by atoms with Crippen LogP contribution in [0.2, 0.25) is 0 Å². The van der Waals surface area contributed by atoms with E-state index in [9.17, 15) is 0 Å². The summed E-state index contributed by atoms with van der Waals surface area (Å²) in [7, 11) is 6.26. The lowest BCUT2D eigenvalue weighted by atomic mass is 9.79. The average molecular weight is 204 g/mol. The van der Waals surface area contributed by atoms with Crippen LogP contribution in [-0.2, 0) is 0 Å². The maximum Gasteiger partial charge on any atom is 0.0828 e. The molecule has 0 spiro atoms. The van der Waals surface area contributed by atoms with Crippen LogP contribution in [0.15, 0.2) is 36.4 Å². The van der Waals surface area contributed by atoms with Gasteiger partial charge < -0.3 is 0 Å². The Hall–Kier alpha value is -1.50. The summed E-state index contributed by atoms with van der Waals surface area (Å²) in [5.41, 5.74) is 7.72. The Labute approximate surface area is 97.7 Å². The Balaban J connectivity index is 2.33. The van der Waals surface area contributed by atoms with Crippen molar-refractivity contribution >= 4 is 7.85 Å². The van der Waals surface area contributed by atoms with Crippen molar-refractivity contribution in [1.82, 2.24) is 0 Å². The summed E-state index contributed by atoms with van der Waals surface area (Å²) < 4.78 is 0. The molecule has 0 aliphatic heterocycles. The van der Waals surface area contributed by atoms with Crippen LogP contribution >= 0.6 is 0 Å². The van der Waals surface area contributed by atoms with Crippen LogP contribution in [0.25, 0.3) is 11.1 Å². The van der Waals surface area contributed by atoms with Gasteiger partial charge in [-0.3, -0.25) is 0 Å². The predicted molar refractivity (Wildman–Crippen MR) is 68.9 cm³/mol. The standard InChI is InChI=1S/C15H13B/c1-9-3-5-11-13(7-9)14-8-10(2)4-6-12(14)15(11)16/h3-8,15H,1-2H3. The van der Waals surface area contributed by atoms with Crippen LogP contribution in [0, 0.1) is 13.8 Å². The van der Waals surface area contributed by atoms with Crippen LogP contribution in [0.3, 0.4) is 0 Å². The monoisotopic (exact) mass is 204 g/mol. The highest BCUT2D eigenvalue weighted by atomic mass is 14.3. The molecule has 1 heteroatoms. The second-order valence-corrected chi connectivity index (χ2v) is 4.66. The first-order valence-electron chi connectivity index (χ1n) is 5.64. The van der Waals surface area contributed by atoms with Crippen LogP contribution < -0.4 is 0 Å². The fourth-order valence-electron chi connectivity index (χ4n) is 2.52. The molecule has 2 radical (unpaired) electrons. The normalized spacial score (nSPS) is 13.6. The maximum atomic E-state index is 6.26. The number of aryl methyl sites for hydroxylation is 2. The fourth-order valence-corrected chi connectivity index (χ4v) is 2.52. The van der Waals surface area contributed by atoms with Gasteiger partial charge in [-0.2, -0.15) is 0 Å². The molecule has 16 heavy (non-hydrogen) atoms. The maximum absolute atomic E-state index is 6.26. The molecule has 0 nitrogen and oxygen atoms in total. The zero-order valence-electron chi connectivity index (χ0n) is 9.62. The van der Waals surface area contributed by atoms with Crippen LogP contribution in [0.5, 0.6) is 0 Å². The Morgan fingerprint density at radius 1 is 0.812 bits per heavy atom. The lowest BCUT2D eigenvalue weighted by Crippen LogP contribution is -1.94. The number of hydrogen-bond acceptors (Lipinski definition) is 0. The quantitative estimate of drug-likeness (QED) is 0.575. The third kappa shape index (κ3) is 1.24. The van der Waals surface area contributed by atoms with Gasteiger partial charge in [0, 0.05) is 0 Å². The number of fused-ring (bicyclic) bond motifs is 3. The van der Waals surface area contributed by atoms with E-state index >= 15 is 0 Å². The first-order valence-corrected chi connectivity index (χ1v) is 5.64. The smallest absolute Gasteiger partial charge is 0.0590 e. The summed E-state index contributed by atoms with van der Waals surface area (Å²) in [6.07, 6.45) is 0. The Morgan fingerprint density at radius 3 is 1.69 bits per heavy atom. The van der Waals surface area contributed by atoms with Gasteiger partial charge in [0.05, 0.1) is 7.85 Å². The SMILES string of the molecule is [B]C1c2ccc(C)cc2-c2cc(C)ccc21. The third-order valence-electron chi connectivity index (χ3n) is 3.38. The van der Waals surface area contributed by atoms with Crippen molar-refractivity contribution in [3.05, 3.63) is 58.7 Å². The van der Waals surface area contributed by atoms with E-state index < -0.39 is 0 Å². The summed E-state index contributed by atoms with van der Waals surface area (Å²) in [6.45, 7) is 4.25. The van der Waals surface area contributed by atoms with Gasteiger partial charge in [-0.25, -0.2) is 0 Å². The molecule has 0 saturated heterocycles. The zero-order chi connectivity index (χ0) is 11.3. The van der Waals surface area contributed by atoms with Gasteiger partial charge in [-0.15, -0.1) is 0 Å². The van der Waals surface area contributed by atoms with E-state index in [-0.39, 0.29) is 5.82 Å². The molecule has 1 aliphatic carbocycles. The Morgan fingerprint density at radius 2 is 1.25 bits per heavy atom. The molecular formula is C15H13B. The molecule has 2 aromatic carbocycles. The first-order chi connectivity index (χ1) is 7.66. The van der Waals surface area contributed by atoms with Gasteiger partial charge in [0.1, 0.15) is 0 Å². The largest absolute Gasteiger partial charge is 0.0828 e. The lowest BCUT2D eigenvalue weighted by Gasteiger charge is -2.06. The van der Waals surface area contributed by atoms with Crippen LogP contribution in [0.4, 0.5) is 0 Å². The Kier molecular flexibility index (Phi) is 1.97. The minimum Gasteiger partial charge on any atom is -0.0590 e. The number of rotatable bonds is 0. The van der Waals surface area contributed by atoms with Gasteiger partial charge in [0.25, 0.3) is 0 Å². The summed E-state index contributed by atoms with van der Waals surface area (Å²) in [5.74, 6) is 0.0474. The highest BCUT2D eigenvalue weighted by molar-refractivity contribution is 6.17. The van der Waals surface area contributed by atoms with E-state index in [0.29, 0.717) is 0 Å². The number of hydrogen-bond donors (Lipinski definition) is 0. The molecule has 0 heterocycles. The zero-order valence-corrected chi connectivity index (χ0v) is 9.62. The van der Waals surface area contributed by atoms with Crippen LogP contribution in [0.1, 0.15) is 28.1 Å². The van der Waals surface area contributed by atoms with Gasteiger partial charge in [0.15, 0.2) is 0 Å². The second kappa shape index (κ2) is 3.25. The molecule has 0 atom stereocenters. The third-order valence-corrected chi connectivity index (χ3v) is 3.38. The molecule has 0 fully saturated rings. The fraction of sp³-hybridized carbons (Fsp3) is 0.200. The summed E-state index contributed by atoms with van der Waals surface area (Å²) >= 11 is 0. The van der Waals surface area contributed by atoms with E-state index in [1.54, 1.807) is 0 Å². The van der Waals surface area contributed by atoms with E-state index in [1.807, 2.05) is 0 Å². The number of benzene rings is 2. The molecule has 0 amide bonds. The van der Waals surface area contributed by atoms with Gasteiger partial charge in [0.2, 0.25) is 0 Å². The molecule has 3 rings (SSSR count). The summed E-state index contributed by atoms with van der Waals surface area (Å²) in [4.78, 5) is 0. The van der Waals surface area contributed by atoms with Crippen molar-refractivity contribution in [2.45, 2.75) is 19.7 Å². The molecule has 76 valence electrons. The molecule has 0 unspecified atom stereocenters. The van der Waals surface area contributed by atoms with Crippen molar-refractivity contribution in [3.63, 3.8) is 0 Å². The minimum atomic E-state index is 0.0474. The second-order valence-electron chi connectivity index (χ2n) is 4.66. The molecular weight excluding hydrogens is 191 g/mol. The lowest BCUT2D eigenvalue weighted by molar-refractivity contribution is 1.19. The van der Waals surface area contributed by atoms with Crippen molar-refractivity contribution in [2.75, 3.05) is 0 Å². The van der Waals surface area contributed by atoms with Gasteiger partial charge >= 0.3 is 0 Å². The van der Waals surface area contributed by atoms with Gasteiger partial charge in [-0.1, -0.05) is 47.5 Å². The molecule has 0 saturated carbocycles. The Bertz CT molecular complexity index is 518. The summed E-state index contributed by atoms with van der Waals surface area (Å²) in [6, 6.07) is 13.1. The first kappa shape index (κ1) is 9.71. The van der Waals surface area contributed by atoms with Crippen molar-refractivity contribution in [2.24, 2.45) is 0 Å². The van der Waals surface area contributed by atoms with Gasteiger partial charge in [-0.05, 0) is 41.9 Å². The predicted octanol–water partition coefficient (Wildman–Crippen LogP) is 3.54. The highest BCUT2D eigenvalue weighted by Crippen LogP contribution is 2.43. The summed E-state index contributed by atoms with van der Waals surface area (Å²) in [5, 5.41) is 0. The minimum absolute atomic E-state index is 0.0474. The van der Waals surface area contributed by atoms with Crippen molar-refractivity contribution in [1.29, 1.82) is 0 Å². The molecule has 0 bridgehead atoms. The molecule has 1 aliphatic rings.